The van der Waals surface area contributed by atoms with E-state index in [1.54, 1.807) is 6.07 Å². The Morgan fingerprint density at radius 2 is 1.93 bits per heavy atom. The van der Waals surface area contributed by atoms with Crippen molar-refractivity contribution in [1.82, 2.24) is 0 Å². The number of aromatic hydroxyl groups is 1. The number of hydrogen-bond donors (Lipinski definition) is 2. The van der Waals surface area contributed by atoms with Gasteiger partial charge in [0.25, 0.3) is 0 Å². The summed E-state index contributed by atoms with van der Waals surface area (Å²) in [6, 6.07) is 4.37. The summed E-state index contributed by atoms with van der Waals surface area (Å²) >= 11 is 0. The molecule has 2 N–H and O–H groups in total. The van der Waals surface area contributed by atoms with Gasteiger partial charge in [-0.2, -0.15) is 0 Å². The van der Waals surface area contributed by atoms with E-state index in [9.17, 15) is 9.90 Å². The first kappa shape index (κ1) is 11.5. The van der Waals surface area contributed by atoms with E-state index in [1.165, 1.54) is 26.4 Å². The van der Waals surface area contributed by atoms with Crippen molar-refractivity contribution in [2.45, 2.75) is 6.29 Å². The van der Waals surface area contributed by atoms with E-state index in [4.69, 9.17) is 14.6 Å². The number of aromatic carboxylic acids is 1. The number of carbonyl (C=O) groups is 1. The van der Waals surface area contributed by atoms with Crippen LogP contribution in [-0.4, -0.2) is 30.4 Å². The third-order valence-electron chi connectivity index (χ3n) is 1.98. The highest BCUT2D eigenvalue weighted by molar-refractivity contribution is 5.91. The smallest absolute Gasteiger partial charge is 0.339 e. The van der Waals surface area contributed by atoms with E-state index in [-0.39, 0.29) is 11.3 Å². The Morgan fingerprint density at radius 3 is 2.40 bits per heavy atom. The molecule has 0 saturated carbocycles. The van der Waals surface area contributed by atoms with Crippen LogP contribution < -0.4 is 0 Å². The largest absolute Gasteiger partial charge is 0.507 e. The minimum atomic E-state index is -1.19. The Kier molecular flexibility index (Phi) is 3.65. The molecule has 0 bridgehead atoms. The summed E-state index contributed by atoms with van der Waals surface area (Å²) < 4.78 is 9.85. The lowest BCUT2D eigenvalue weighted by Gasteiger charge is -2.15. The monoisotopic (exact) mass is 212 g/mol. The van der Waals surface area contributed by atoms with Crippen molar-refractivity contribution in [2.75, 3.05) is 14.2 Å². The second kappa shape index (κ2) is 4.77. The number of methoxy groups -OCH3 is 2. The van der Waals surface area contributed by atoms with Gasteiger partial charge < -0.3 is 19.7 Å². The molecule has 15 heavy (non-hydrogen) atoms. The number of carboxylic acid groups (broad SMARTS) is 1. The Labute approximate surface area is 86.9 Å². The predicted octanol–water partition coefficient (Wildman–Crippen LogP) is 1.38. The highest BCUT2D eigenvalue weighted by Gasteiger charge is 2.19. The van der Waals surface area contributed by atoms with Crippen LogP contribution in [-0.2, 0) is 9.47 Å². The molecule has 1 rings (SSSR count). The Balaban J connectivity index is 3.19. The highest BCUT2D eigenvalue weighted by Crippen LogP contribution is 2.29. The van der Waals surface area contributed by atoms with Crippen molar-refractivity contribution < 1.29 is 24.5 Å². The average Bonchev–Trinajstić information content (AvgIpc) is 2.21. The molecule has 5 nitrogen and oxygen atoms in total. The SMILES string of the molecule is COC(OC)c1cccc(C(=O)O)c1O. The van der Waals surface area contributed by atoms with Crippen LogP contribution in [0.5, 0.6) is 5.75 Å². The molecule has 0 aliphatic rings. The van der Waals surface area contributed by atoms with E-state index >= 15 is 0 Å². The summed E-state index contributed by atoms with van der Waals surface area (Å²) in [6.45, 7) is 0. The number of carboxylic acids is 1. The summed E-state index contributed by atoms with van der Waals surface area (Å²) in [5.74, 6) is -1.53. The summed E-state index contributed by atoms with van der Waals surface area (Å²) in [4.78, 5) is 10.7. The van der Waals surface area contributed by atoms with E-state index in [0.717, 1.165) is 0 Å². The van der Waals surface area contributed by atoms with Gasteiger partial charge in [0, 0.05) is 14.2 Å². The minimum absolute atomic E-state index is 0.174. The molecule has 0 aliphatic heterocycles. The molecule has 82 valence electrons. The van der Waals surface area contributed by atoms with Gasteiger partial charge in [-0.25, -0.2) is 4.79 Å². The molecule has 0 unspecified atom stereocenters. The van der Waals surface area contributed by atoms with Crippen molar-refractivity contribution in [2.24, 2.45) is 0 Å². The van der Waals surface area contributed by atoms with E-state index < -0.39 is 12.3 Å². The van der Waals surface area contributed by atoms with Crippen LogP contribution in [0.2, 0.25) is 0 Å². The van der Waals surface area contributed by atoms with Gasteiger partial charge in [-0.05, 0) is 6.07 Å². The molecule has 0 radical (unpaired) electrons. The lowest BCUT2D eigenvalue weighted by molar-refractivity contribution is -0.107. The number of benzene rings is 1. The van der Waals surface area contributed by atoms with Crippen LogP contribution >= 0.6 is 0 Å². The summed E-state index contributed by atoms with van der Waals surface area (Å²) in [7, 11) is 2.81. The maximum atomic E-state index is 10.7. The van der Waals surface area contributed by atoms with Crippen molar-refractivity contribution in [3.05, 3.63) is 29.3 Å². The van der Waals surface area contributed by atoms with Gasteiger partial charge in [0.05, 0.1) is 5.56 Å². The molecule has 0 spiro atoms. The lowest BCUT2D eigenvalue weighted by atomic mass is 10.1. The Morgan fingerprint density at radius 1 is 1.33 bits per heavy atom. The number of ether oxygens (including phenoxy) is 2. The van der Waals surface area contributed by atoms with E-state index in [1.807, 2.05) is 0 Å². The van der Waals surface area contributed by atoms with E-state index in [0.29, 0.717) is 5.56 Å². The topological polar surface area (TPSA) is 76.0 Å². The molecule has 0 aliphatic carbocycles. The van der Waals surface area contributed by atoms with Gasteiger partial charge in [0.15, 0.2) is 6.29 Å². The third kappa shape index (κ3) is 2.26. The first-order valence-electron chi connectivity index (χ1n) is 4.22. The van der Waals surface area contributed by atoms with Crippen molar-refractivity contribution in [3.63, 3.8) is 0 Å². The summed E-state index contributed by atoms with van der Waals surface area (Å²) in [5.41, 5.74) is 0.117. The fourth-order valence-electron chi connectivity index (χ4n) is 1.27. The maximum Gasteiger partial charge on any atom is 0.339 e. The Bertz CT molecular complexity index is 357. The molecule has 0 atom stereocenters. The normalized spacial score (nSPS) is 10.6. The second-order valence-electron chi connectivity index (χ2n) is 2.85. The molecule has 0 amide bonds. The standard InChI is InChI=1S/C10H12O5/c1-14-10(15-2)7-5-3-4-6(8(7)11)9(12)13/h3-5,10-11H,1-2H3,(H,12,13). The van der Waals surface area contributed by atoms with Gasteiger partial charge in [-0.3, -0.25) is 0 Å². The van der Waals surface area contributed by atoms with Crippen LogP contribution in [0.4, 0.5) is 0 Å². The third-order valence-corrected chi connectivity index (χ3v) is 1.98. The minimum Gasteiger partial charge on any atom is -0.507 e. The predicted molar refractivity (Wildman–Crippen MR) is 51.8 cm³/mol. The van der Waals surface area contributed by atoms with Crippen LogP contribution in [0.3, 0.4) is 0 Å². The average molecular weight is 212 g/mol. The number of hydrogen-bond acceptors (Lipinski definition) is 4. The zero-order valence-corrected chi connectivity index (χ0v) is 8.43. The van der Waals surface area contributed by atoms with Crippen LogP contribution in [0.25, 0.3) is 0 Å². The zero-order chi connectivity index (χ0) is 11.4. The second-order valence-corrected chi connectivity index (χ2v) is 2.85. The number of rotatable bonds is 4. The fourth-order valence-corrected chi connectivity index (χ4v) is 1.27. The van der Waals surface area contributed by atoms with Gasteiger partial charge >= 0.3 is 5.97 Å². The molecule has 0 aromatic heterocycles. The molecular formula is C10H12O5. The summed E-state index contributed by atoms with van der Waals surface area (Å²) in [5, 5.41) is 18.4. The lowest BCUT2D eigenvalue weighted by Crippen LogP contribution is -2.06. The molecule has 0 saturated heterocycles. The molecule has 0 heterocycles. The maximum absolute atomic E-state index is 10.7. The molecule has 1 aromatic carbocycles. The van der Waals surface area contributed by atoms with Gasteiger partial charge in [0.1, 0.15) is 11.3 Å². The fraction of sp³-hybridized carbons (Fsp3) is 0.300. The van der Waals surface area contributed by atoms with E-state index in [2.05, 4.69) is 0 Å². The van der Waals surface area contributed by atoms with Crippen molar-refractivity contribution >= 4 is 5.97 Å². The van der Waals surface area contributed by atoms with Crippen LogP contribution in [0.1, 0.15) is 22.2 Å². The summed E-state index contributed by atoms with van der Waals surface area (Å²) in [6.07, 6.45) is -0.774. The quantitative estimate of drug-likeness (QED) is 0.737. The first-order valence-corrected chi connectivity index (χ1v) is 4.22. The van der Waals surface area contributed by atoms with Crippen LogP contribution in [0.15, 0.2) is 18.2 Å². The van der Waals surface area contributed by atoms with Crippen molar-refractivity contribution in [3.8, 4) is 5.75 Å². The molecular weight excluding hydrogens is 200 g/mol. The molecule has 1 aromatic rings. The number of para-hydroxylation sites is 1. The first-order chi connectivity index (χ1) is 7.11. The van der Waals surface area contributed by atoms with Gasteiger partial charge in [-0.15, -0.1) is 0 Å². The zero-order valence-electron chi connectivity index (χ0n) is 8.43. The van der Waals surface area contributed by atoms with Crippen molar-refractivity contribution in [1.29, 1.82) is 0 Å². The number of phenols is 1. The molecule has 5 heteroatoms. The van der Waals surface area contributed by atoms with Crippen LogP contribution in [0, 0.1) is 0 Å². The Hall–Kier alpha value is -1.59. The molecule has 0 fully saturated rings. The van der Waals surface area contributed by atoms with Gasteiger partial charge in [-0.1, -0.05) is 12.1 Å². The van der Waals surface area contributed by atoms with Gasteiger partial charge in [0.2, 0.25) is 0 Å². The highest BCUT2D eigenvalue weighted by atomic mass is 16.7.